The predicted molar refractivity (Wildman–Crippen MR) is 79.1 cm³/mol. The minimum atomic E-state index is 0.597. The summed E-state index contributed by atoms with van der Waals surface area (Å²) in [6, 6.07) is 4.96. The Morgan fingerprint density at radius 1 is 1.50 bits per heavy atom. The van der Waals surface area contributed by atoms with Crippen LogP contribution in [0.4, 0.5) is 0 Å². The van der Waals surface area contributed by atoms with Gasteiger partial charge in [0, 0.05) is 23.1 Å². The predicted octanol–water partition coefficient (Wildman–Crippen LogP) is 4.13. The van der Waals surface area contributed by atoms with E-state index in [1.165, 1.54) is 42.9 Å². The third kappa shape index (κ3) is 3.27. The third-order valence-electron chi connectivity index (χ3n) is 3.38. The van der Waals surface area contributed by atoms with E-state index < -0.39 is 0 Å². The first kappa shape index (κ1) is 13.9. The van der Waals surface area contributed by atoms with Crippen molar-refractivity contribution in [2.45, 2.75) is 56.4 Å². The zero-order valence-corrected chi connectivity index (χ0v) is 12.5. The summed E-state index contributed by atoms with van der Waals surface area (Å²) in [5.74, 6) is 0. The minimum Gasteiger partial charge on any atom is -0.296 e. The summed E-state index contributed by atoms with van der Waals surface area (Å²) in [4.78, 5) is 7.22. The molecule has 0 aliphatic carbocycles. The fraction of sp³-hybridized carbons (Fsp3) is 0.667. The Morgan fingerprint density at radius 2 is 2.33 bits per heavy atom. The molecule has 1 saturated heterocycles. The molecule has 18 heavy (non-hydrogen) atoms. The minimum absolute atomic E-state index is 0.597. The van der Waals surface area contributed by atoms with E-state index in [-0.39, 0.29) is 0 Å². The molecule has 0 unspecified atom stereocenters. The van der Waals surface area contributed by atoms with Crippen LogP contribution in [0, 0.1) is 0 Å². The van der Waals surface area contributed by atoms with Crippen LogP contribution in [-0.2, 0) is 0 Å². The zero-order chi connectivity index (χ0) is 13.0. The molecule has 2 rings (SSSR count). The molecular weight excluding hydrogens is 240 g/mol. The van der Waals surface area contributed by atoms with Crippen LogP contribution in [0.15, 0.2) is 23.4 Å². The normalized spacial score (nSPS) is 20.8. The van der Waals surface area contributed by atoms with Crippen LogP contribution in [-0.4, -0.2) is 28.2 Å². The Kier molecular flexibility index (Phi) is 5.07. The fourth-order valence-electron chi connectivity index (χ4n) is 2.71. The Hall–Kier alpha value is -0.540. The van der Waals surface area contributed by atoms with Crippen molar-refractivity contribution < 1.29 is 0 Å². The average molecular weight is 264 g/mol. The molecule has 0 amide bonds. The molecule has 0 spiro atoms. The molecule has 2 heterocycles. The van der Waals surface area contributed by atoms with Gasteiger partial charge in [0.25, 0.3) is 0 Å². The second kappa shape index (κ2) is 6.58. The maximum absolute atomic E-state index is 4.59. The second-order valence-electron chi connectivity index (χ2n) is 5.26. The number of hydrogen-bond acceptors (Lipinski definition) is 3. The highest BCUT2D eigenvalue weighted by Gasteiger charge is 2.27. The van der Waals surface area contributed by atoms with Crippen LogP contribution in [0.5, 0.6) is 0 Å². The molecule has 1 aromatic heterocycles. The maximum atomic E-state index is 4.59. The van der Waals surface area contributed by atoms with Crippen molar-refractivity contribution in [3.8, 4) is 0 Å². The molecule has 1 aliphatic heterocycles. The molecule has 1 fully saturated rings. The van der Waals surface area contributed by atoms with Gasteiger partial charge in [-0.05, 0) is 38.4 Å². The molecule has 0 N–H and O–H groups in total. The molecule has 1 aromatic rings. The number of rotatable bonds is 5. The summed E-state index contributed by atoms with van der Waals surface area (Å²) in [6.45, 7) is 9.20. The average Bonchev–Trinajstić information content (AvgIpc) is 2.78. The highest BCUT2D eigenvalue weighted by molar-refractivity contribution is 7.99. The van der Waals surface area contributed by atoms with Crippen molar-refractivity contribution >= 4 is 11.8 Å². The molecular formula is C15H24N2S. The third-order valence-corrected chi connectivity index (χ3v) is 4.42. The standard InChI is InChI=1S/C15H24N2S/c1-4-10-17-11-6-8-14(17)13-7-5-9-16-15(13)18-12(2)3/h5,7,9,12,14H,4,6,8,10-11H2,1-3H3/t14-/m1/s1. The summed E-state index contributed by atoms with van der Waals surface area (Å²) in [5, 5.41) is 1.83. The van der Waals surface area contributed by atoms with Gasteiger partial charge < -0.3 is 0 Å². The summed E-state index contributed by atoms with van der Waals surface area (Å²) < 4.78 is 0. The van der Waals surface area contributed by atoms with Crippen LogP contribution < -0.4 is 0 Å². The number of aromatic nitrogens is 1. The fourth-order valence-corrected chi connectivity index (χ4v) is 3.62. The van der Waals surface area contributed by atoms with Gasteiger partial charge in [0.1, 0.15) is 5.03 Å². The van der Waals surface area contributed by atoms with Gasteiger partial charge in [-0.3, -0.25) is 4.90 Å². The lowest BCUT2D eigenvalue weighted by Crippen LogP contribution is -2.24. The Balaban J connectivity index is 2.20. The summed E-state index contributed by atoms with van der Waals surface area (Å²) in [5.41, 5.74) is 1.45. The lowest BCUT2D eigenvalue weighted by Gasteiger charge is -2.25. The topological polar surface area (TPSA) is 16.1 Å². The molecule has 1 atom stereocenters. The largest absolute Gasteiger partial charge is 0.296 e. The Morgan fingerprint density at radius 3 is 3.06 bits per heavy atom. The van der Waals surface area contributed by atoms with Crippen molar-refractivity contribution in [2.24, 2.45) is 0 Å². The van der Waals surface area contributed by atoms with Crippen molar-refractivity contribution in [3.63, 3.8) is 0 Å². The van der Waals surface area contributed by atoms with E-state index in [1.54, 1.807) is 0 Å². The van der Waals surface area contributed by atoms with Gasteiger partial charge in [0.05, 0.1) is 0 Å². The van der Waals surface area contributed by atoms with E-state index in [0.29, 0.717) is 11.3 Å². The van der Waals surface area contributed by atoms with E-state index >= 15 is 0 Å². The Bertz CT molecular complexity index is 379. The smallest absolute Gasteiger partial charge is 0.101 e. The van der Waals surface area contributed by atoms with Gasteiger partial charge in [0.15, 0.2) is 0 Å². The molecule has 1 aliphatic rings. The van der Waals surface area contributed by atoms with Gasteiger partial charge in [-0.1, -0.05) is 26.8 Å². The van der Waals surface area contributed by atoms with Crippen LogP contribution in [0.1, 0.15) is 51.6 Å². The number of nitrogens with zero attached hydrogens (tertiary/aromatic N) is 2. The molecule has 100 valence electrons. The van der Waals surface area contributed by atoms with Gasteiger partial charge in [-0.25, -0.2) is 4.98 Å². The number of pyridine rings is 1. The van der Waals surface area contributed by atoms with Crippen molar-refractivity contribution in [2.75, 3.05) is 13.1 Å². The van der Waals surface area contributed by atoms with Crippen LogP contribution in [0.25, 0.3) is 0 Å². The van der Waals surface area contributed by atoms with Gasteiger partial charge in [-0.15, -0.1) is 11.8 Å². The summed E-state index contributed by atoms with van der Waals surface area (Å²) in [6.07, 6.45) is 5.78. The highest BCUT2D eigenvalue weighted by atomic mass is 32.2. The zero-order valence-electron chi connectivity index (χ0n) is 11.7. The van der Waals surface area contributed by atoms with E-state index in [4.69, 9.17) is 0 Å². The summed E-state index contributed by atoms with van der Waals surface area (Å²) >= 11 is 1.89. The first-order chi connectivity index (χ1) is 8.72. The number of thioether (sulfide) groups is 1. The molecule has 2 nitrogen and oxygen atoms in total. The second-order valence-corrected chi connectivity index (χ2v) is 6.82. The van der Waals surface area contributed by atoms with Crippen LogP contribution >= 0.6 is 11.8 Å². The van der Waals surface area contributed by atoms with E-state index in [2.05, 4.69) is 42.8 Å². The maximum Gasteiger partial charge on any atom is 0.101 e. The van der Waals surface area contributed by atoms with Crippen molar-refractivity contribution in [1.82, 2.24) is 9.88 Å². The van der Waals surface area contributed by atoms with Crippen LogP contribution in [0.2, 0.25) is 0 Å². The lowest BCUT2D eigenvalue weighted by molar-refractivity contribution is 0.254. The van der Waals surface area contributed by atoms with Crippen molar-refractivity contribution in [1.29, 1.82) is 0 Å². The molecule has 0 saturated carbocycles. The first-order valence-corrected chi connectivity index (χ1v) is 7.96. The van der Waals surface area contributed by atoms with E-state index in [1.807, 2.05) is 18.0 Å². The van der Waals surface area contributed by atoms with E-state index in [0.717, 1.165) is 0 Å². The molecule has 0 bridgehead atoms. The summed E-state index contributed by atoms with van der Waals surface area (Å²) in [7, 11) is 0. The first-order valence-electron chi connectivity index (χ1n) is 7.08. The highest BCUT2D eigenvalue weighted by Crippen LogP contribution is 2.37. The van der Waals surface area contributed by atoms with Crippen molar-refractivity contribution in [3.05, 3.63) is 23.9 Å². The lowest BCUT2D eigenvalue weighted by atomic mass is 10.1. The van der Waals surface area contributed by atoms with Crippen LogP contribution in [0.3, 0.4) is 0 Å². The number of likely N-dealkylation sites (tertiary alicyclic amines) is 1. The van der Waals surface area contributed by atoms with Gasteiger partial charge >= 0.3 is 0 Å². The Labute approximate surface area is 115 Å². The van der Waals surface area contributed by atoms with Gasteiger partial charge in [0.2, 0.25) is 0 Å². The SMILES string of the molecule is CCCN1CCC[C@@H]1c1cccnc1SC(C)C. The number of hydrogen-bond donors (Lipinski definition) is 0. The van der Waals surface area contributed by atoms with Gasteiger partial charge in [-0.2, -0.15) is 0 Å². The quantitative estimate of drug-likeness (QED) is 0.744. The monoisotopic (exact) mass is 264 g/mol. The molecule has 0 radical (unpaired) electrons. The molecule has 3 heteroatoms. The molecule has 0 aromatic carbocycles. The van der Waals surface area contributed by atoms with E-state index in [9.17, 15) is 0 Å².